The van der Waals surface area contributed by atoms with Gasteiger partial charge in [-0.15, -0.1) is 0 Å². The van der Waals surface area contributed by atoms with Gasteiger partial charge in [0.15, 0.2) is 0 Å². The fraction of sp³-hybridized carbons (Fsp3) is 0.645. The lowest BCUT2D eigenvalue weighted by Crippen LogP contribution is -2.45. The highest BCUT2D eigenvalue weighted by atomic mass is 16.6. The van der Waals surface area contributed by atoms with Crippen LogP contribution in [-0.2, 0) is 49.4 Å². The molecule has 1 aliphatic rings. The van der Waals surface area contributed by atoms with Crippen molar-refractivity contribution in [2.24, 2.45) is 21.8 Å². The summed E-state index contributed by atoms with van der Waals surface area (Å²) < 4.78 is 15.0. The largest absolute Gasteiger partial charge is 0.480 e. The molecule has 1 aromatic heterocycles. The number of rotatable bonds is 14. The second-order valence-electron chi connectivity index (χ2n) is 13.0. The molecule has 16 heteroatoms. The van der Waals surface area contributed by atoms with E-state index in [2.05, 4.69) is 30.6 Å². The minimum atomic E-state index is -1.15. The lowest BCUT2D eigenvalue weighted by Gasteiger charge is -2.22. The van der Waals surface area contributed by atoms with Gasteiger partial charge in [-0.1, -0.05) is 13.8 Å². The van der Waals surface area contributed by atoms with E-state index in [4.69, 9.17) is 14.2 Å². The van der Waals surface area contributed by atoms with Crippen LogP contribution in [-0.4, -0.2) is 99.8 Å². The molecule has 0 radical (unpaired) electrons. The van der Waals surface area contributed by atoms with Crippen LogP contribution in [0.25, 0.3) is 0 Å². The van der Waals surface area contributed by atoms with E-state index in [1.165, 1.54) is 26.0 Å². The molecular weight excluding hydrogens is 616 g/mol. The zero-order chi connectivity index (χ0) is 35.9. The van der Waals surface area contributed by atoms with E-state index in [9.17, 15) is 33.9 Å². The summed E-state index contributed by atoms with van der Waals surface area (Å²) in [5.74, 6) is -4.94. The smallest absolute Gasteiger partial charge is 0.328 e. The summed E-state index contributed by atoms with van der Waals surface area (Å²) in [5.41, 5.74) is -0.551. The number of nitrogens with one attached hydrogen (secondary N) is 3. The molecular formula is C31H48N6O10. The first kappa shape index (κ1) is 40.4. The molecule has 0 bridgehead atoms. The Kier molecular flexibility index (Phi) is 15.9. The van der Waals surface area contributed by atoms with Gasteiger partial charge in [0, 0.05) is 42.8 Å². The molecule has 0 aliphatic carbocycles. The van der Waals surface area contributed by atoms with Crippen molar-refractivity contribution in [2.75, 3.05) is 7.11 Å². The van der Waals surface area contributed by atoms with Crippen LogP contribution in [0.3, 0.4) is 0 Å². The zero-order valence-corrected chi connectivity index (χ0v) is 28.5. The van der Waals surface area contributed by atoms with Crippen molar-refractivity contribution in [1.29, 1.82) is 0 Å². The normalized spacial score (nSPS) is 16.4. The van der Waals surface area contributed by atoms with Crippen molar-refractivity contribution in [1.82, 2.24) is 20.6 Å². The Morgan fingerprint density at radius 2 is 1.40 bits per heavy atom. The Labute approximate surface area is 274 Å². The number of aromatic amines is 1. The van der Waals surface area contributed by atoms with Gasteiger partial charge in [-0.2, -0.15) is 0 Å². The number of carbonyl (C=O) groups excluding carboxylic acids is 5. The summed E-state index contributed by atoms with van der Waals surface area (Å²) in [4.78, 5) is 85.4. The van der Waals surface area contributed by atoms with Crippen molar-refractivity contribution in [2.45, 2.75) is 110 Å². The molecule has 0 saturated heterocycles. The van der Waals surface area contributed by atoms with E-state index in [1.54, 1.807) is 61.6 Å². The minimum Gasteiger partial charge on any atom is -0.480 e. The molecule has 262 valence electrons. The molecule has 0 saturated carbocycles. The van der Waals surface area contributed by atoms with Crippen molar-refractivity contribution < 1.29 is 48.1 Å². The number of H-pyrrole nitrogens is 1. The van der Waals surface area contributed by atoms with Gasteiger partial charge < -0.3 is 34.9 Å². The summed E-state index contributed by atoms with van der Waals surface area (Å²) >= 11 is 0. The molecule has 1 unspecified atom stereocenters. The molecule has 0 aromatic carbocycles. The first-order valence-electron chi connectivity index (χ1n) is 15.1. The van der Waals surface area contributed by atoms with Crippen LogP contribution in [0.4, 0.5) is 0 Å². The highest BCUT2D eigenvalue weighted by Gasteiger charge is 2.29. The molecule has 1 aromatic rings. The van der Waals surface area contributed by atoms with Gasteiger partial charge in [0.25, 0.3) is 0 Å². The van der Waals surface area contributed by atoms with E-state index in [0.717, 1.165) is 0 Å². The van der Waals surface area contributed by atoms with Crippen molar-refractivity contribution in [3.05, 3.63) is 18.2 Å². The van der Waals surface area contributed by atoms with Gasteiger partial charge in [0.1, 0.15) is 29.6 Å². The molecule has 4 N–H and O–H groups in total. The number of carbonyl (C=O) groups is 6. The molecule has 2 amide bonds. The lowest BCUT2D eigenvalue weighted by atomic mass is 10.0. The molecule has 5 atom stereocenters. The van der Waals surface area contributed by atoms with Gasteiger partial charge in [0.05, 0.1) is 32.3 Å². The Balaban J connectivity index is 0.000000470. The van der Waals surface area contributed by atoms with Crippen LogP contribution in [0.5, 0.6) is 0 Å². The summed E-state index contributed by atoms with van der Waals surface area (Å²) in [7, 11) is 1.25. The van der Waals surface area contributed by atoms with Gasteiger partial charge in [0.2, 0.25) is 11.8 Å². The number of hydrogen-bond acceptors (Lipinski definition) is 12. The standard InChI is InChI=1S/C16H25N3O5.C15H23N3O5/c1-10(6-13(20)24-16(2,3)4)14(21)19-12(15(22)23-5)7-11-8-17-9-18-11;1-9(5-12(19)23-15(2,3)4)13(20)18-11(14(21)22)6-10-7-16-8-17-10/h8-10,12H,6-7H2,1-5H3,(H,17,18)(H,19,21);7-11H,5-6H2,1-4H3,(H,18,20)(H,21,22)/t10-,12+;9-,10?,11+/m11/s1. The molecule has 0 fully saturated rings. The van der Waals surface area contributed by atoms with Gasteiger partial charge in [-0.3, -0.25) is 24.2 Å². The van der Waals surface area contributed by atoms with E-state index < -0.39 is 70.8 Å². The predicted molar refractivity (Wildman–Crippen MR) is 170 cm³/mol. The number of nitrogens with zero attached hydrogens (tertiary/aromatic N) is 3. The number of amides is 2. The maximum atomic E-state index is 12.3. The highest BCUT2D eigenvalue weighted by molar-refractivity contribution is 5.89. The van der Waals surface area contributed by atoms with Crippen LogP contribution in [0.1, 0.15) is 80.3 Å². The first-order valence-corrected chi connectivity index (χ1v) is 15.1. The number of imidazole rings is 1. The molecule has 2 rings (SSSR count). The third-order valence-corrected chi connectivity index (χ3v) is 6.14. The number of aliphatic carboxylic acids is 1. The molecule has 1 aliphatic heterocycles. The number of aliphatic imine (C=N–C) groups is 2. The quantitative estimate of drug-likeness (QED) is 0.165. The first-order chi connectivity index (χ1) is 21.7. The number of carboxylic acid groups (broad SMARTS) is 1. The van der Waals surface area contributed by atoms with Crippen molar-refractivity contribution in [3.8, 4) is 0 Å². The summed E-state index contributed by atoms with van der Waals surface area (Å²) in [6, 6.07) is -2.31. The number of hydrogen-bond donors (Lipinski definition) is 4. The van der Waals surface area contributed by atoms with E-state index in [0.29, 0.717) is 5.69 Å². The lowest BCUT2D eigenvalue weighted by molar-refractivity contribution is -0.158. The second kappa shape index (κ2) is 18.5. The minimum absolute atomic E-state index is 0.0684. The number of carboxylic acids is 1. The summed E-state index contributed by atoms with van der Waals surface area (Å²) in [6.07, 6.45) is 6.06. The Morgan fingerprint density at radius 1 is 0.894 bits per heavy atom. The number of methoxy groups -OCH3 is 1. The third kappa shape index (κ3) is 17.0. The molecule has 47 heavy (non-hydrogen) atoms. The van der Waals surface area contributed by atoms with Crippen LogP contribution < -0.4 is 10.6 Å². The maximum Gasteiger partial charge on any atom is 0.328 e. The predicted octanol–water partition coefficient (Wildman–Crippen LogP) is 1.77. The van der Waals surface area contributed by atoms with Gasteiger partial charge >= 0.3 is 23.9 Å². The Hall–Kier alpha value is -4.63. The van der Waals surface area contributed by atoms with E-state index in [-0.39, 0.29) is 31.7 Å². The van der Waals surface area contributed by atoms with Gasteiger partial charge in [-0.05, 0) is 41.5 Å². The highest BCUT2D eigenvalue weighted by Crippen LogP contribution is 2.14. The van der Waals surface area contributed by atoms with Crippen LogP contribution >= 0.6 is 0 Å². The van der Waals surface area contributed by atoms with E-state index in [1.807, 2.05) is 0 Å². The Morgan fingerprint density at radius 3 is 1.79 bits per heavy atom. The summed E-state index contributed by atoms with van der Waals surface area (Å²) in [6.45, 7) is 13.6. The van der Waals surface area contributed by atoms with Gasteiger partial charge in [-0.25, -0.2) is 19.6 Å². The fourth-order valence-corrected chi connectivity index (χ4v) is 3.92. The number of aromatic nitrogens is 2. The zero-order valence-electron chi connectivity index (χ0n) is 28.5. The van der Waals surface area contributed by atoms with Crippen LogP contribution in [0.15, 0.2) is 22.5 Å². The topological polar surface area (TPSA) is 228 Å². The second-order valence-corrected chi connectivity index (χ2v) is 13.0. The van der Waals surface area contributed by atoms with Crippen molar-refractivity contribution in [3.63, 3.8) is 0 Å². The average molecular weight is 665 g/mol. The average Bonchev–Trinajstić information content (AvgIpc) is 3.64. The third-order valence-electron chi connectivity index (χ3n) is 6.14. The summed E-state index contributed by atoms with van der Waals surface area (Å²) in [5, 5.41) is 14.2. The SMILES string of the molecule is COC(=O)[C@H](Cc1cnc[nH]1)NC(=O)[C@H](C)CC(=O)OC(C)(C)C.C[C@H](CC(=O)OC(C)(C)C)C(=O)N[C@@H](CC1C=NC=N1)C(=O)O. The number of ether oxygens (including phenoxy) is 3. The number of esters is 3. The van der Waals surface area contributed by atoms with Crippen LogP contribution in [0.2, 0.25) is 0 Å². The van der Waals surface area contributed by atoms with Crippen molar-refractivity contribution >= 4 is 48.2 Å². The molecule has 0 spiro atoms. The molecule has 2 heterocycles. The molecule has 16 nitrogen and oxygen atoms in total. The maximum absolute atomic E-state index is 12.3. The Bertz CT molecular complexity index is 1270. The van der Waals surface area contributed by atoms with Crippen LogP contribution in [0, 0.1) is 11.8 Å². The monoisotopic (exact) mass is 664 g/mol. The van der Waals surface area contributed by atoms with E-state index >= 15 is 0 Å². The fourth-order valence-electron chi connectivity index (χ4n) is 3.92.